The molecular formula is C31H34N2. The van der Waals surface area contributed by atoms with Crippen LogP contribution in [0, 0.1) is 72.7 Å². The quantitative estimate of drug-likeness (QED) is 0.266. The van der Waals surface area contributed by atoms with Crippen molar-refractivity contribution in [3.05, 3.63) is 81.2 Å². The maximum Gasteiger partial charge on any atom is 0.0734 e. The van der Waals surface area contributed by atoms with Crippen molar-refractivity contribution in [3.8, 4) is 24.2 Å². The molecule has 168 valence electrons. The second-order valence-corrected chi connectivity index (χ2v) is 8.43. The predicted octanol–water partition coefficient (Wildman–Crippen LogP) is 7.64. The van der Waals surface area contributed by atoms with Crippen molar-refractivity contribution < 1.29 is 0 Å². The van der Waals surface area contributed by atoms with Gasteiger partial charge < -0.3 is 0 Å². The number of nitrogens with zero attached hydrogens (tertiary/aromatic N) is 2. The normalized spacial score (nSPS) is 9.70. The van der Waals surface area contributed by atoms with Crippen LogP contribution in [0.15, 0.2) is 36.7 Å². The molecule has 33 heavy (non-hydrogen) atoms. The van der Waals surface area contributed by atoms with E-state index < -0.39 is 0 Å². The summed E-state index contributed by atoms with van der Waals surface area (Å²) in [6.45, 7) is 18.4. The Kier molecular flexibility index (Phi) is 8.78. The van der Waals surface area contributed by atoms with Crippen LogP contribution < -0.4 is 0 Å². The highest BCUT2D eigenvalue weighted by Crippen LogP contribution is 2.24. The molecule has 0 spiro atoms. The Hall–Kier alpha value is -3.62. The van der Waals surface area contributed by atoms with Crippen molar-refractivity contribution in [1.82, 2.24) is 9.97 Å². The Labute approximate surface area is 199 Å². The molecule has 0 amide bonds. The number of aromatic nitrogens is 2. The zero-order chi connectivity index (χ0) is 24.7. The highest BCUT2D eigenvalue weighted by Gasteiger charge is 2.06. The van der Waals surface area contributed by atoms with Gasteiger partial charge in [0.1, 0.15) is 0 Å². The number of terminal acetylenes is 1. The van der Waals surface area contributed by atoms with Gasteiger partial charge in [0.25, 0.3) is 0 Å². The molecule has 0 unspecified atom stereocenters. The molecule has 4 rings (SSSR count). The molecule has 0 saturated carbocycles. The summed E-state index contributed by atoms with van der Waals surface area (Å²) in [5, 5.41) is 2.44. The smallest absolute Gasteiger partial charge is 0.0734 e. The summed E-state index contributed by atoms with van der Waals surface area (Å²) in [5.41, 5.74) is 12.4. The lowest BCUT2D eigenvalue weighted by Gasteiger charge is -2.08. The fourth-order valence-electron chi connectivity index (χ4n) is 3.76. The Balaban J connectivity index is 0.000000210. The van der Waals surface area contributed by atoms with E-state index in [0.29, 0.717) is 0 Å². The van der Waals surface area contributed by atoms with E-state index in [1.54, 1.807) is 6.92 Å². The zero-order valence-corrected chi connectivity index (χ0v) is 21.4. The molecule has 0 saturated heterocycles. The van der Waals surface area contributed by atoms with Crippen molar-refractivity contribution in [2.75, 3.05) is 0 Å². The summed E-state index contributed by atoms with van der Waals surface area (Å²) in [7, 11) is 0. The maximum atomic E-state index is 4.60. The zero-order valence-electron chi connectivity index (χ0n) is 21.4. The van der Waals surface area contributed by atoms with Gasteiger partial charge >= 0.3 is 0 Å². The molecule has 0 bridgehead atoms. The third-order valence-corrected chi connectivity index (χ3v) is 6.00. The number of rotatable bonds is 0. The number of benzene rings is 2. The molecule has 2 aromatic carbocycles. The first-order chi connectivity index (χ1) is 15.6. The topological polar surface area (TPSA) is 25.8 Å². The van der Waals surface area contributed by atoms with Gasteiger partial charge in [-0.25, -0.2) is 0 Å². The van der Waals surface area contributed by atoms with Gasteiger partial charge in [0.05, 0.1) is 11.0 Å². The van der Waals surface area contributed by atoms with Crippen LogP contribution in [0.5, 0.6) is 0 Å². The Morgan fingerprint density at radius 2 is 1.09 bits per heavy atom. The van der Waals surface area contributed by atoms with E-state index in [0.717, 1.165) is 16.6 Å². The molecular weight excluding hydrogens is 400 g/mol. The third-order valence-electron chi connectivity index (χ3n) is 6.00. The fourth-order valence-corrected chi connectivity index (χ4v) is 3.76. The molecule has 2 aromatic heterocycles. The van der Waals surface area contributed by atoms with Crippen LogP contribution in [0.3, 0.4) is 0 Å². The number of pyridine rings is 2. The molecule has 0 atom stereocenters. The van der Waals surface area contributed by atoms with Crippen LogP contribution in [0.2, 0.25) is 0 Å². The SMILES string of the molecule is C#CC.CC#Cc1cnc2c(C)c(C)c(C)cc2c1.Cc1cnc2c(C)c(C)c(C)cc2c1. The van der Waals surface area contributed by atoms with Gasteiger partial charge in [-0.1, -0.05) is 5.92 Å². The van der Waals surface area contributed by atoms with E-state index in [9.17, 15) is 0 Å². The molecule has 0 aliphatic heterocycles. The summed E-state index contributed by atoms with van der Waals surface area (Å²) < 4.78 is 0. The molecule has 0 fully saturated rings. The molecule has 0 aliphatic carbocycles. The number of fused-ring (bicyclic) bond motifs is 2. The van der Waals surface area contributed by atoms with Gasteiger partial charge in [-0.05, 0) is 126 Å². The molecule has 2 heterocycles. The summed E-state index contributed by atoms with van der Waals surface area (Å²) in [6, 6.07) is 8.71. The van der Waals surface area contributed by atoms with Gasteiger partial charge in [0.2, 0.25) is 0 Å². The third kappa shape index (κ3) is 6.00. The highest BCUT2D eigenvalue weighted by atomic mass is 14.7. The summed E-state index contributed by atoms with van der Waals surface area (Å²) >= 11 is 0. The van der Waals surface area contributed by atoms with Crippen molar-refractivity contribution in [1.29, 1.82) is 0 Å². The van der Waals surface area contributed by atoms with Gasteiger partial charge in [-0.3, -0.25) is 9.97 Å². The van der Waals surface area contributed by atoms with Gasteiger partial charge in [-0.2, -0.15) is 0 Å². The first-order valence-electron chi connectivity index (χ1n) is 11.1. The van der Waals surface area contributed by atoms with E-state index in [-0.39, 0.29) is 0 Å². The lowest BCUT2D eigenvalue weighted by Crippen LogP contribution is -1.92. The van der Waals surface area contributed by atoms with Crippen LogP contribution in [0.1, 0.15) is 58.4 Å². The van der Waals surface area contributed by atoms with Gasteiger partial charge in [0.15, 0.2) is 0 Å². The maximum absolute atomic E-state index is 4.60. The van der Waals surface area contributed by atoms with Crippen LogP contribution >= 0.6 is 0 Å². The van der Waals surface area contributed by atoms with Crippen LogP contribution in [-0.2, 0) is 0 Å². The molecule has 2 heteroatoms. The molecule has 2 nitrogen and oxygen atoms in total. The first kappa shape index (κ1) is 25.6. The van der Waals surface area contributed by atoms with Crippen molar-refractivity contribution >= 4 is 21.8 Å². The lowest BCUT2D eigenvalue weighted by molar-refractivity contribution is 1.25. The molecule has 0 N–H and O–H groups in total. The average Bonchev–Trinajstić information content (AvgIpc) is 2.77. The van der Waals surface area contributed by atoms with E-state index >= 15 is 0 Å². The van der Waals surface area contributed by atoms with Crippen molar-refractivity contribution in [2.45, 2.75) is 62.3 Å². The Bertz CT molecular complexity index is 1410. The molecule has 0 aliphatic rings. The van der Waals surface area contributed by atoms with Gasteiger partial charge in [-0.15, -0.1) is 18.3 Å². The number of hydrogen-bond acceptors (Lipinski definition) is 2. The molecule has 0 radical (unpaired) electrons. The highest BCUT2D eigenvalue weighted by molar-refractivity contribution is 5.85. The molecule has 4 aromatic rings. The number of aryl methyl sites for hydroxylation is 5. The van der Waals surface area contributed by atoms with E-state index in [4.69, 9.17) is 0 Å². The van der Waals surface area contributed by atoms with E-state index in [2.05, 4.69) is 107 Å². The Morgan fingerprint density at radius 3 is 1.58 bits per heavy atom. The largest absolute Gasteiger partial charge is 0.256 e. The van der Waals surface area contributed by atoms with Crippen LogP contribution in [-0.4, -0.2) is 9.97 Å². The monoisotopic (exact) mass is 434 g/mol. The van der Waals surface area contributed by atoms with E-state index in [1.165, 1.54) is 49.7 Å². The summed E-state index contributed by atoms with van der Waals surface area (Å²) in [4.78, 5) is 8.98. The Morgan fingerprint density at radius 1 is 0.636 bits per heavy atom. The van der Waals surface area contributed by atoms with Crippen molar-refractivity contribution in [3.63, 3.8) is 0 Å². The fraction of sp³-hybridized carbons (Fsp3) is 0.290. The average molecular weight is 435 g/mol. The summed E-state index contributed by atoms with van der Waals surface area (Å²) in [5.74, 6) is 8.19. The second-order valence-electron chi connectivity index (χ2n) is 8.43. The second kappa shape index (κ2) is 11.3. The minimum atomic E-state index is 0.984. The summed E-state index contributed by atoms with van der Waals surface area (Å²) in [6.07, 6.45) is 8.38. The standard InChI is InChI=1S/C15H15N.C13H15N.C3H4/c1-5-6-13-8-14-7-10(2)11(3)12(4)15(14)16-9-13;1-8-5-12-6-9(2)10(3)11(4)13(12)14-7-8;1-3-2/h7-9H,1-4H3;5-7H,1-4H3;1H,2H3. The van der Waals surface area contributed by atoms with Gasteiger partial charge in [0, 0.05) is 28.7 Å². The van der Waals surface area contributed by atoms with E-state index in [1.807, 2.05) is 19.3 Å². The minimum Gasteiger partial charge on any atom is -0.256 e. The predicted molar refractivity (Wildman–Crippen MR) is 144 cm³/mol. The van der Waals surface area contributed by atoms with Crippen LogP contribution in [0.25, 0.3) is 21.8 Å². The first-order valence-corrected chi connectivity index (χ1v) is 11.1. The van der Waals surface area contributed by atoms with Crippen molar-refractivity contribution in [2.24, 2.45) is 0 Å². The van der Waals surface area contributed by atoms with Crippen LogP contribution in [0.4, 0.5) is 0 Å². The lowest BCUT2D eigenvalue weighted by atomic mass is 9.99. The minimum absolute atomic E-state index is 0.984. The number of hydrogen-bond donors (Lipinski definition) is 0.